The van der Waals surface area contributed by atoms with Crippen LogP contribution in [0.2, 0.25) is 0 Å². The highest BCUT2D eigenvalue weighted by Gasteiger charge is 2.33. The van der Waals surface area contributed by atoms with E-state index < -0.39 is 20.9 Å². The van der Waals surface area contributed by atoms with Crippen molar-refractivity contribution < 1.29 is 21.6 Å². The van der Waals surface area contributed by atoms with Gasteiger partial charge in [-0.25, -0.2) is 13.4 Å². The third-order valence-electron chi connectivity index (χ3n) is 2.84. The second kappa shape index (κ2) is 5.37. The Bertz CT molecular complexity index is 539. The minimum absolute atomic E-state index is 0.0600. The normalized spacial score (nSPS) is 21.2. The molecule has 9 heteroatoms. The summed E-state index contributed by atoms with van der Waals surface area (Å²) in [5.41, 5.74) is 0. The molecular formula is C10H13F3N2O2S2. The van der Waals surface area contributed by atoms with E-state index in [1.54, 1.807) is 0 Å². The van der Waals surface area contributed by atoms with Crippen LogP contribution >= 0.6 is 11.3 Å². The smallest absolute Gasteiger partial charge is 0.296 e. The lowest BCUT2D eigenvalue weighted by Gasteiger charge is -2.17. The quantitative estimate of drug-likeness (QED) is 0.835. The van der Waals surface area contributed by atoms with Gasteiger partial charge < -0.3 is 0 Å². The molecular weight excluding hydrogens is 301 g/mol. The van der Waals surface area contributed by atoms with Gasteiger partial charge in [-0.2, -0.15) is 13.2 Å². The predicted octanol–water partition coefficient (Wildman–Crippen LogP) is 1.78. The maximum Gasteiger partial charge on any atom is 0.427 e. The third-order valence-corrected chi connectivity index (χ3v) is 5.58. The lowest BCUT2D eigenvalue weighted by atomic mass is 10.4. The zero-order chi connectivity index (χ0) is 14.1. The molecule has 0 aromatic carbocycles. The highest BCUT2D eigenvalue weighted by molar-refractivity contribution is 7.91. The number of hydrogen-bond donors (Lipinski definition) is 0. The van der Waals surface area contributed by atoms with Crippen molar-refractivity contribution in [3.63, 3.8) is 0 Å². The van der Waals surface area contributed by atoms with Crippen molar-refractivity contribution in [2.45, 2.75) is 19.1 Å². The van der Waals surface area contributed by atoms with Crippen LogP contribution in [0.4, 0.5) is 13.2 Å². The van der Waals surface area contributed by atoms with E-state index in [-0.39, 0.29) is 18.1 Å². The Kier molecular flexibility index (Phi) is 4.17. The number of sulfone groups is 1. The molecule has 0 amide bonds. The van der Waals surface area contributed by atoms with Crippen LogP contribution in [0.3, 0.4) is 0 Å². The number of alkyl halides is 3. The van der Waals surface area contributed by atoms with Crippen LogP contribution in [-0.4, -0.2) is 42.9 Å². The zero-order valence-corrected chi connectivity index (χ0v) is 11.6. The van der Waals surface area contributed by atoms with Gasteiger partial charge in [0.05, 0.1) is 24.2 Å². The predicted molar refractivity (Wildman–Crippen MR) is 65.7 cm³/mol. The molecule has 0 aliphatic carbocycles. The molecule has 0 bridgehead atoms. The van der Waals surface area contributed by atoms with Gasteiger partial charge in [-0.15, -0.1) is 11.3 Å². The molecule has 2 rings (SSSR count). The summed E-state index contributed by atoms with van der Waals surface area (Å²) in [5.74, 6) is 0.208. The molecule has 19 heavy (non-hydrogen) atoms. The van der Waals surface area contributed by atoms with E-state index in [1.165, 1.54) is 0 Å². The molecule has 1 aromatic heterocycles. The highest BCUT2D eigenvalue weighted by Crippen LogP contribution is 2.33. The first kappa shape index (κ1) is 14.7. The number of thiazole rings is 1. The van der Waals surface area contributed by atoms with Gasteiger partial charge in [-0.3, -0.25) is 4.90 Å². The average molecular weight is 314 g/mol. The minimum Gasteiger partial charge on any atom is -0.296 e. The molecule has 4 nitrogen and oxygen atoms in total. The molecule has 2 heterocycles. The largest absolute Gasteiger partial charge is 0.427 e. The summed E-state index contributed by atoms with van der Waals surface area (Å²) >= 11 is 0.613. The van der Waals surface area contributed by atoms with Gasteiger partial charge in [0.25, 0.3) is 0 Å². The summed E-state index contributed by atoms with van der Waals surface area (Å²) in [7, 11) is -3.00. The number of halogens is 3. The van der Waals surface area contributed by atoms with Crippen molar-refractivity contribution in [1.82, 2.24) is 9.88 Å². The van der Waals surface area contributed by atoms with E-state index in [9.17, 15) is 21.6 Å². The summed E-state index contributed by atoms with van der Waals surface area (Å²) in [6.45, 7) is 1.19. The third kappa shape index (κ3) is 4.15. The van der Waals surface area contributed by atoms with Crippen LogP contribution < -0.4 is 0 Å². The molecule has 1 aliphatic heterocycles. The molecule has 1 saturated heterocycles. The molecule has 0 N–H and O–H groups in total. The number of nitrogens with zero attached hydrogens (tertiary/aromatic N) is 2. The average Bonchev–Trinajstić information content (AvgIpc) is 2.67. The fourth-order valence-corrected chi connectivity index (χ4v) is 3.99. The summed E-state index contributed by atoms with van der Waals surface area (Å²) < 4.78 is 60.1. The maximum absolute atomic E-state index is 12.4. The Morgan fingerprint density at radius 2 is 2.05 bits per heavy atom. The van der Waals surface area contributed by atoms with Crippen molar-refractivity contribution in [3.8, 4) is 0 Å². The van der Waals surface area contributed by atoms with Crippen LogP contribution in [0.25, 0.3) is 0 Å². The fourth-order valence-electron chi connectivity index (χ4n) is 1.85. The van der Waals surface area contributed by atoms with Gasteiger partial charge in [-0.1, -0.05) is 0 Å². The minimum atomic E-state index is -4.36. The van der Waals surface area contributed by atoms with Gasteiger partial charge in [0.1, 0.15) is 9.88 Å². The summed E-state index contributed by atoms with van der Waals surface area (Å²) in [6.07, 6.45) is -3.02. The van der Waals surface area contributed by atoms with Crippen molar-refractivity contribution in [1.29, 1.82) is 0 Å². The molecule has 108 valence electrons. The second-order valence-corrected chi connectivity index (χ2v) is 7.82. The molecule has 0 radical (unpaired) electrons. The topological polar surface area (TPSA) is 50.3 Å². The first-order valence-electron chi connectivity index (χ1n) is 5.71. The first-order chi connectivity index (χ1) is 8.76. The molecule has 0 unspecified atom stereocenters. The summed E-state index contributed by atoms with van der Waals surface area (Å²) in [4.78, 5) is 4.87. The van der Waals surface area contributed by atoms with Gasteiger partial charge in [0.15, 0.2) is 9.84 Å². The van der Waals surface area contributed by atoms with Crippen molar-refractivity contribution >= 4 is 21.2 Å². The van der Waals surface area contributed by atoms with E-state index >= 15 is 0 Å². The Labute approximate surface area is 113 Å². The van der Waals surface area contributed by atoms with E-state index in [4.69, 9.17) is 0 Å². The van der Waals surface area contributed by atoms with Crippen LogP contribution in [0, 0.1) is 0 Å². The molecule has 0 atom stereocenters. The molecule has 1 aromatic rings. The maximum atomic E-state index is 12.4. The van der Waals surface area contributed by atoms with E-state index in [0.717, 1.165) is 6.20 Å². The van der Waals surface area contributed by atoms with Crippen LogP contribution in [0.15, 0.2) is 6.20 Å². The number of hydrogen-bond acceptors (Lipinski definition) is 5. The lowest BCUT2D eigenvalue weighted by molar-refractivity contribution is -0.134. The van der Waals surface area contributed by atoms with E-state index in [0.29, 0.717) is 35.9 Å². The Balaban J connectivity index is 2.00. The highest BCUT2D eigenvalue weighted by atomic mass is 32.2. The van der Waals surface area contributed by atoms with Crippen molar-refractivity contribution in [3.05, 3.63) is 16.1 Å². The van der Waals surface area contributed by atoms with Gasteiger partial charge in [0.2, 0.25) is 0 Å². The van der Waals surface area contributed by atoms with Crippen LogP contribution in [0.5, 0.6) is 0 Å². The Morgan fingerprint density at radius 3 is 2.68 bits per heavy atom. The van der Waals surface area contributed by atoms with E-state index in [2.05, 4.69) is 4.98 Å². The monoisotopic (exact) mass is 314 g/mol. The Hall–Kier alpha value is -0.670. The Morgan fingerprint density at radius 1 is 1.32 bits per heavy atom. The van der Waals surface area contributed by atoms with Gasteiger partial charge in [0, 0.05) is 6.54 Å². The molecule has 0 spiro atoms. The second-order valence-electron chi connectivity index (χ2n) is 4.40. The number of rotatable bonds is 2. The molecule has 1 fully saturated rings. The molecule has 1 aliphatic rings. The molecule has 0 saturated carbocycles. The number of aromatic nitrogens is 1. The van der Waals surface area contributed by atoms with Crippen LogP contribution in [0.1, 0.15) is 16.3 Å². The van der Waals surface area contributed by atoms with E-state index in [1.807, 2.05) is 4.90 Å². The first-order valence-corrected chi connectivity index (χ1v) is 8.35. The van der Waals surface area contributed by atoms with Gasteiger partial charge in [-0.05, 0) is 13.0 Å². The van der Waals surface area contributed by atoms with Gasteiger partial charge >= 0.3 is 6.18 Å². The zero-order valence-electron chi connectivity index (χ0n) is 9.98. The van der Waals surface area contributed by atoms with Crippen molar-refractivity contribution in [2.75, 3.05) is 24.6 Å². The summed E-state index contributed by atoms with van der Waals surface area (Å²) in [6, 6.07) is 0. The fraction of sp³-hybridized carbons (Fsp3) is 0.700. The lowest BCUT2D eigenvalue weighted by Crippen LogP contribution is -2.26. The van der Waals surface area contributed by atoms with Crippen LogP contribution in [-0.2, 0) is 22.6 Å². The standard InChI is InChI=1S/C10H13F3N2O2S2/c11-10(12,13)8-6-14-9(18-8)7-15-2-1-4-19(16,17)5-3-15/h6H,1-5,7H2. The summed E-state index contributed by atoms with van der Waals surface area (Å²) in [5, 5.41) is 0.367. The van der Waals surface area contributed by atoms with Crippen molar-refractivity contribution in [2.24, 2.45) is 0 Å². The SMILES string of the molecule is O=S1(=O)CCCN(Cc2ncc(C(F)(F)F)s2)CC1.